The second kappa shape index (κ2) is 7.94. The Kier molecular flexibility index (Phi) is 5.23. The number of benzene rings is 2. The highest BCUT2D eigenvalue weighted by Crippen LogP contribution is 2.30. The summed E-state index contributed by atoms with van der Waals surface area (Å²) in [5, 5.41) is 5.16. The van der Waals surface area contributed by atoms with Crippen molar-refractivity contribution in [3.05, 3.63) is 76.4 Å². The van der Waals surface area contributed by atoms with Crippen molar-refractivity contribution in [2.75, 3.05) is 5.32 Å². The molecule has 1 N–H and O–H groups in total. The zero-order chi connectivity index (χ0) is 18.6. The number of nitrogens with zero attached hydrogens (tertiary/aromatic N) is 2. The van der Waals surface area contributed by atoms with Crippen molar-refractivity contribution in [2.24, 2.45) is 0 Å². The van der Waals surface area contributed by atoms with Crippen molar-refractivity contribution in [3.8, 4) is 5.75 Å². The molecule has 0 fully saturated rings. The molecule has 0 unspecified atom stereocenters. The number of anilines is 2. The number of halogens is 1. The Morgan fingerprint density at radius 3 is 2.56 bits per heavy atom. The fourth-order valence-corrected chi connectivity index (χ4v) is 3.76. The smallest absolute Gasteiger partial charge is 0.142 e. The Bertz CT molecular complexity index is 1050. The van der Waals surface area contributed by atoms with Gasteiger partial charge in [0.1, 0.15) is 29.3 Å². The van der Waals surface area contributed by atoms with Crippen LogP contribution in [0.2, 0.25) is 5.02 Å². The number of rotatable bonds is 6. The molecule has 0 saturated heterocycles. The van der Waals surface area contributed by atoms with Gasteiger partial charge in [-0.15, -0.1) is 11.3 Å². The van der Waals surface area contributed by atoms with Crippen LogP contribution in [0.15, 0.2) is 60.9 Å². The first-order valence-corrected chi connectivity index (χ1v) is 9.88. The average Bonchev–Trinajstić information content (AvgIpc) is 3.13. The first-order valence-electron chi connectivity index (χ1n) is 8.69. The summed E-state index contributed by atoms with van der Waals surface area (Å²) in [7, 11) is 0. The van der Waals surface area contributed by atoms with Gasteiger partial charge in [-0.3, -0.25) is 0 Å². The molecule has 0 atom stereocenters. The number of thiophene rings is 1. The highest BCUT2D eigenvalue weighted by atomic mass is 35.5. The van der Waals surface area contributed by atoms with Gasteiger partial charge in [-0.1, -0.05) is 30.7 Å². The van der Waals surface area contributed by atoms with Crippen molar-refractivity contribution in [1.29, 1.82) is 0 Å². The Labute approximate surface area is 166 Å². The van der Waals surface area contributed by atoms with Crippen molar-refractivity contribution in [3.63, 3.8) is 0 Å². The van der Waals surface area contributed by atoms with E-state index in [1.165, 1.54) is 4.88 Å². The largest absolute Gasteiger partial charge is 0.489 e. The molecule has 0 saturated carbocycles. The van der Waals surface area contributed by atoms with E-state index in [2.05, 4.69) is 28.3 Å². The van der Waals surface area contributed by atoms with E-state index in [0.717, 1.165) is 44.5 Å². The van der Waals surface area contributed by atoms with Gasteiger partial charge >= 0.3 is 0 Å². The third kappa shape index (κ3) is 4.21. The number of ether oxygens (including phenoxy) is 1. The van der Waals surface area contributed by atoms with Crippen molar-refractivity contribution >= 4 is 44.7 Å². The van der Waals surface area contributed by atoms with Crippen LogP contribution in [0.4, 0.5) is 11.5 Å². The molecule has 27 heavy (non-hydrogen) atoms. The highest BCUT2D eigenvalue weighted by Gasteiger charge is 2.08. The van der Waals surface area contributed by atoms with E-state index in [1.54, 1.807) is 17.7 Å². The normalized spacial score (nSPS) is 10.9. The van der Waals surface area contributed by atoms with Gasteiger partial charge in [0.25, 0.3) is 0 Å². The fraction of sp³-hybridized carbons (Fsp3) is 0.143. The highest BCUT2D eigenvalue weighted by molar-refractivity contribution is 7.18. The minimum atomic E-state index is 0.505. The van der Waals surface area contributed by atoms with Gasteiger partial charge in [-0.25, -0.2) is 9.97 Å². The van der Waals surface area contributed by atoms with Crippen LogP contribution in [0.25, 0.3) is 10.2 Å². The van der Waals surface area contributed by atoms with E-state index in [9.17, 15) is 0 Å². The number of hydrogen-bond acceptors (Lipinski definition) is 5. The standard InChI is InChI=1S/C21H18ClN3OS/c1-2-18-11-19-20(23-13-24-21(19)27-18)25-16-7-9-17(10-8-16)26-12-14-3-5-15(22)6-4-14/h3-11,13H,2,12H2,1H3,(H,23,24,25). The van der Waals surface area contributed by atoms with Crippen LogP contribution in [0.1, 0.15) is 17.4 Å². The van der Waals surface area contributed by atoms with Gasteiger partial charge in [0, 0.05) is 15.6 Å². The summed E-state index contributed by atoms with van der Waals surface area (Å²) < 4.78 is 5.83. The van der Waals surface area contributed by atoms with Gasteiger partial charge in [0.05, 0.1) is 5.39 Å². The predicted molar refractivity (Wildman–Crippen MR) is 112 cm³/mol. The maximum atomic E-state index is 5.90. The van der Waals surface area contributed by atoms with E-state index in [1.807, 2.05) is 48.5 Å². The molecule has 4 rings (SSSR count). The Balaban J connectivity index is 1.45. The molecule has 0 radical (unpaired) electrons. The van der Waals surface area contributed by atoms with Gasteiger partial charge in [0.15, 0.2) is 0 Å². The maximum absolute atomic E-state index is 5.90. The molecule has 4 nitrogen and oxygen atoms in total. The summed E-state index contributed by atoms with van der Waals surface area (Å²) in [5.74, 6) is 1.64. The van der Waals surface area contributed by atoms with Crippen LogP contribution >= 0.6 is 22.9 Å². The first kappa shape index (κ1) is 17.8. The fourth-order valence-electron chi connectivity index (χ4n) is 2.70. The van der Waals surface area contributed by atoms with E-state index in [4.69, 9.17) is 16.3 Å². The second-order valence-electron chi connectivity index (χ2n) is 6.07. The van der Waals surface area contributed by atoms with E-state index in [0.29, 0.717) is 6.61 Å². The zero-order valence-electron chi connectivity index (χ0n) is 14.8. The third-order valence-electron chi connectivity index (χ3n) is 4.16. The summed E-state index contributed by atoms with van der Waals surface area (Å²) in [6, 6.07) is 17.7. The molecule has 2 aromatic heterocycles. The van der Waals surface area contributed by atoms with Crippen LogP contribution in [0.5, 0.6) is 5.75 Å². The molecule has 0 aliphatic carbocycles. The van der Waals surface area contributed by atoms with Crippen LogP contribution in [0.3, 0.4) is 0 Å². The van der Waals surface area contributed by atoms with Crippen LogP contribution in [-0.2, 0) is 13.0 Å². The first-order chi connectivity index (χ1) is 13.2. The minimum absolute atomic E-state index is 0.505. The summed E-state index contributed by atoms with van der Waals surface area (Å²) in [5.41, 5.74) is 2.03. The molecule has 2 aromatic carbocycles. The quantitative estimate of drug-likeness (QED) is 0.420. The number of fused-ring (bicyclic) bond motifs is 1. The molecular formula is C21H18ClN3OS. The number of aryl methyl sites for hydroxylation is 1. The molecule has 0 spiro atoms. The molecule has 0 aliphatic heterocycles. The lowest BCUT2D eigenvalue weighted by Crippen LogP contribution is -1.97. The van der Waals surface area contributed by atoms with Crippen molar-refractivity contribution in [1.82, 2.24) is 9.97 Å². The lowest BCUT2D eigenvalue weighted by Gasteiger charge is -2.09. The minimum Gasteiger partial charge on any atom is -0.489 e. The number of nitrogens with one attached hydrogen (secondary N) is 1. The molecule has 136 valence electrons. The monoisotopic (exact) mass is 395 g/mol. The van der Waals surface area contributed by atoms with Gasteiger partial charge in [-0.05, 0) is 54.4 Å². The molecule has 0 bridgehead atoms. The van der Waals surface area contributed by atoms with E-state index in [-0.39, 0.29) is 0 Å². The van der Waals surface area contributed by atoms with Gasteiger partial charge < -0.3 is 10.1 Å². The van der Waals surface area contributed by atoms with Crippen LogP contribution in [-0.4, -0.2) is 9.97 Å². The zero-order valence-corrected chi connectivity index (χ0v) is 16.3. The van der Waals surface area contributed by atoms with Crippen molar-refractivity contribution in [2.45, 2.75) is 20.0 Å². The average molecular weight is 396 g/mol. The third-order valence-corrected chi connectivity index (χ3v) is 5.60. The summed E-state index contributed by atoms with van der Waals surface area (Å²) in [6.07, 6.45) is 2.60. The van der Waals surface area contributed by atoms with Gasteiger partial charge in [-0.2, -0.15) is 0 Å². The Morgan fingerprint density at radius 1 is 1.04 bits per heavy atom. The number of hydrogen-bond donors (Lipinski definition) is 1. The van der Waals surface area contributed by atoms with Gasteiger partial charge in [0.2, 0.25) is 0 Å². The second-order valence-corrected chi connectivity index (χ2v) is 7.62. The lowest BCUT2D eigenvalue weighted by atomic mass is 10.2. The molecule has 0 amide bonds. The van der Waals surface area contributed by atoms with E-state index >= 15 is 0 Å². The topological polar surface area (TPSA) is 47.0 Å². The van der Waals surface area contributed by atoms with E-state index < -0.39 is 0 Å². The number of aromatic nitrogens is 2. The molecule has 6 heteroatoms. The molecule has 0 aliphatic rings. The van der Waals surface area contributed by atoms with Crippen LogP contribution < -0.4 is 10.1 Å². The lowest BCUT2D eigenvalue weighted by molar-refractivity contribution is 0.306. The summed E-state index contributed by atoms with van der Waals surface area (Å²) in [6.45, 7) is 2.65. The predicted octanol–water partition coefficient (Wildman–Crippen LogP) is 6.23. The van der Waals surface area contributed by atoms with Crippen LogP contribution in [0, 0.1) is 0 Å². The molecule has 2 heterocycles. The van der Waals surface area contributed by atoms with Crippen molar-refractivity contribution < 1.29 is 4.74 Å². The summed E-state index contributed by atoms with van der Waals surface area (Å²) >= 11 is 7.61. The maximum Gasteiger partial charge on any atom is 0.142 e. The molecule has 4 aromatic rings. The summed E-state index contributed by atoms with van der Waals surface area (Å²) in [4.78, 5) is 11.1. The Hall–Kier alpha value is -2.63. The SMILES string of the molecule is CCc1cc2c(Nc3ccc(OCc4ccc(Cl)cc4)cc3)ncnc2s1. The Morgan fingerprint density at radius 2 is 1.81 bits per heavy atom. The molecular weight excluding hydrogens is 378 g/mol.